The Balaban J connectivity index is 2.33. The summed E-state index contributed by atoms with van der Waals surface area (Å²) in [5.41, 5.74) is 6.77. The average molecular weight is 224 g/mol. The Morgan fingerprint density at radius 1 is 1.57 bits per heavy atom. The molecule has 2 rings (SSSR count). The molecule has 0 aliphatic carbocycles. The van der Waals surface area contributed by atoms with Crippen molar-refractivity contribution in [3.8, 4) is 0 Å². The van der Waals surface area contributed by atoms with E-state index in [-0.39, 0.29) is 5.24 Å². The van der Waals surface area contributed by atoms with Gasteiger partial charge in [-0.3, -0.25) is 4.79 Å². The monoisotopic (exact) mass is 224 g/mol. The van der Waals surface area contributed by atoms with Crippen molar-refractivity contribution in [3.63, 3.8) is 0 Å². The molecule has 0 fully saturated rings. The molecule has 0 saturated heterocycles. The molecule has 0 radical (unpaired) electrons. The van der Waals surface area contributed by atoms with Crippen LogP contribution in [0.2, 0.25) is 0 Å². The number of thiophene rings is 1. The molecule has 1 aliphatic rings. The first kappa shape index (κ1) is 9.48. The van der Waals surface area contributed by atoms with Crippen molar-refractivity contribution in [2.75, 3.05) is 0 Å². The van der Waals surface area contributed by atoms with Gasteiger partial charge in [0.05, 0.1) is 4.91 Å². The van der Waals surface area contributed by atoms with Crippen molar-refractivity contribution in [3.05, 3.63) is 26.8 Å². The SMILES string of the molecule is Cc1ccsc1/C=C1\SC(=O)N=C1N. The summed E-state index contributed by atoms with van der Waals surface area (Å²) in [6, 6.07) is 2.03. The standard InChI is InChI=1S/C9H8N2OS2/c1-5-2-3-13-6(5)4-7-8(10)11-9(12)14-7/h2-4H,1H3,(H2,10,11,12)/b7-4-. The highest BCUT2D eigenvalue weighted by Crippen LogP contribution is 2.29. The number of amidine groups is 1. The average Bonchev–Trinajstić information content (AvgIpc) is 2.62. The minimum atomic E-state index is -0.233. The number of carbonyl (C=O) groups is 1. The van der Waals surface area contributed by atoms with Crippen LogP contribution in [0.1, 0.15) is 10.4 Å². The molecular weight excluding hydrogens is 216 g/mol. The van der Waals surface area contributed by atoms with Gasteiger partial charge in [0.1, 0.15) is 5.84 Å². The molecule has 3 nitrogen and oxygen atoms in total. The maximum Gasteiger partial charge on any atom is 0.311 e. The number of carbonyl (C=O) groups excluding carboxylic acids is 1. The number of nitrogens with zero attached hydrogens (tertiary/aromatic N) is 1. The van der Waals surface area contributed by atoms with Gasteiger partial charge in [0.2, 0.25) is 0 Å². The third kappa shape index (κ3) is 1.73. The molecule has 0 spiro atoms. The molecule has 0 bridgehead atoms. The molecule has 2 heterocycles. The fourth-order valence-electron chi connectivity index (χ4n) is 1.08. The number of hydrogen-bond acceptors (Lipinski definition) is 4. The van der Waals surface area contributed by atoms with E-state index < -0.39 is 0 Å². The molecule has 1 amide bonds. The highest BCUT2D eigenvalue weighted by Gasteiger charge is 2.18. The summed E-state index contributed by atoms with van der Waals surface area (Å²) < 4.78 is 0. The van der Waals surface area contributed by atoms with Crippen LogP contribution in [0.5, 0.6) is 0 Å². The first-order valence-electron chi connectivity index (χ1n) is 3.99. The molecular formula is C9H8N2OS2. The fourth-order valence-corrected chi connectivity index (χ4v) is 2.67. The third-order valence-electron chi connectivity index (χ3n) is 1.83. The van der Waals surface area contributed by atoms with Gasteiger partial charge in [0.25, 0.3) is 0 Å². The topological polar surface area (TPSA) is 55.5 Å². The van der Waals surface area contributed by atoms with Crippen LogP contribution in [-0.2, 0) is 0 Å². The minimum Gasteiger partial charge on any atom is -0.383 e. The van der Waals surface area contributed by atoms with Crippen LogP contribution in [-0.4, -0.2) is 11.1 Å². The van der Waals surface area contributed by atoms with Gasteiger partial charge in [0.15, 0.2) is 0 Å². The Morgan fingerprint density at radius 3 is 2.86 bits per heavy atom. The number of amides is 1. The van der Waals surface area contributed by atoms with Gasteiger partial charge in [0, 0.05) is 4.88 Å². The predicted octanol–water partition coefficient (Wildman–Crippen LogP) is 2.62. The second kappa shape index (κ2) is 3.59. The lowest BCUT2D eigenvalue weighted by atomic mass is 10.3. The van der Waals surface area contributed by atoms with Crippen LogP contribution in [0.3, 0.4) is 0 Å². The Hall–Kier alpha value is -1.07. The van der Waals surface area contributed by atoms with Gasteiger partial charge in [-0.2, -0.15) is 4.99 Å². The summed E-state index contributed by atoms with van der Waals surface area (Å²) in [6.45, 7) is 2.03. The van der Waals surface area contributed by atoms with Crippen molar-refractivity contribution in [2.45, 2.75) is 6.92 Å². The summed E-state index contributed by atoms with van der Waals surface area (Å²) >= 11 is 2.71. The molecule has 0 saturated carbocycles. The highest BCUT2D eigenvalue weighted by molar-refractivity contribution is 8.18. The van der Waals surface area contributed by atoms with Crippen molar-refractivity contribution in [1.82, 2.24) is 0 Å². The second-order valence-corrected chi connectivity index (χ2v) is 4.78. The molecule has 0 unspecified atom stereocenters. The van der Waals surface area contributed by atoms with E-state index in [1.807, 2.05) is 24.4 Å². The van der Waals surface area contributed by atoms with E-state index >= 15 is 0 Å². The Kier molecular flexibility index (Phi) is 2.43. The van der Waals surface area contributed by atoms with Crippen molar-refractivity contribution in [2.24, 2.45) is 10.7 Å². The number of rotatable bonds is 1. The zero-order valence-corrected chi connectivity index (χ0v) is 9.11. The maximum absolute atomic E-state index is 10.9. The lowest BCUT2D eigenvalue weighted by Crippen LogP contribution is -2.08. The summed E-state index contributed by atoms with van der Waals surface area (Å²) in [5.74, 6) is 0.327. The molecule has 0 aromatic carbocycles. The van der Waals surface area contributed by atoms with E-state index in [1.165, 1.54) is 5.56 Å². The quantitative estimate of drug-likeness (QED) is 0.797. The van der Waals surface area contributed by atoms with E-state index in [2.05, 4.69) is 4.99 Å². The Bertz CT molecular complexity index is 445. The Labute approximate surface area is 89.7 Å². The molecule has 0 atom stereocenters. The number of hydrogen-bond donors (Lipinski definition) is 1. The number of nitrogens with two attached hydrogens (primary N) is 1. The summed E-state index contributed by atoms with van der Waals surface area (Å²) in [7, 11) is 0. The van der Waals surface area contributed by atoms with Crippen LogP contribution >= 0.6 is 23.1 Å². The van der Waals surface area contributed by atoms with Gasteiger partial charge in [-0.25, -0.2) is 0 Å². The van der Waals surface area contributed by atoms with Crippen LogP contribution < -0.4 is 5.73 Å². The van der Waals surface area contributed by atoms with E-state index in [0.29, 0.717) is 5.84 Å². The van der Waals surface area contributed by atoms with Crippen molar-refractivity contribution < 1.29 is 4.79 Å². The van der Waals surface area contributed by atoms with Crippen LogP contribution in [0.4, 0.5) is 4.79 Å². The molecule has 2 N–H and O–H groups in total. The molecule has 14 heavy (non-hydrogen) atoms. The zero-order chi connectivity index (χ0) is 10.1. The zero-order valence-electron chi connectivity index (χ0n) is 7.48. The molecule has 1 aromatic rings. The minimum absolute atomic E-state index is 0.233. The Morgan fingerprint density at radius 2 is 2.36 bits per heavy atom. The number of thioether (sulfide) groups is 1. The van der Waals surface area contributed by atoms with Gasteiger partial charge in [-0.1, -0.05) is 0 Å². The van der Waals surface area contributed by atoms with Crippen LogP contribution in [0.15, 0.2) is 21.3 Å². The third-order valence-corrected chi connectivity index (χ3v) is 3.60. The van der Waals surface area contributed by atoms with Crippen LogP contribution in [0.25, 0.3) is 6.08 Å². The molecule has 72 valence electrons. The largest absolute Gasteiger partial charge is 0.383 e. The van der Waals surface area contributed by atoms with Gasteiger partial charge < -0.3 is 5.73 Å². The van der Waals surface area contributed by atoms with E-state index in [9.17, 15) is 4.79 Å². The van der Waals surface area contributed by atoms with Gasteiger partial charge in [-0.05, 0) is 41.8 Å². The summed E-state index contributed by atoms with van der Waals surface area (Å²) in [4.78, 5) is 16.4. The van der Waals surface area contributed by atoms with Gasteiger partial charge >= 0.3 is 5.24 Å². The first-order valence-corrected chi connectivity index (χ1v) is 5.68. The van der Waals surface area contributed by atoms with E-state index in [4.69, 9.17) is 5.73 Å². The fraction of sp³-hybridized carbons (Fsp3) is 0.111. The highest BCUT2D eigenvalue weighted by atomic mass is 32.2. The smallest absolute Gasteiger partial charge is 0.311 e. The van der Waals surface area contributed by atoms with E-state index in [0.717, 1.165) is 21.5 Å². The molecule has 5 heteroatoms. The van der Waals surface area contributed by atoms with Crippen molar-refractivity contribution >= 4 is 40.2 Å². The maximum atomic E-state index is 10.9. The van der Waals surface area contributed by atoms with Crippen molar-refractivity contribution in [1.29, 1.82) is 0 Å². The lowest BCUT2D eigenvalue weighted by Gasteiger charge is -1.94. The lowest BCUT2D eigenvalue weighted by molar-refractivity contribution is 0.268. The van der Waals surface area contributed by atoms with Crippen LogP contribution in [0, 0.1) is 6.92 Å². The second-order valence-electron chi connectivity index (χ2n) is 2.84. The number of aliphatic imine (C=N–C) groups is 1. The molecule has 1 aromatic heterocycles. The number of aryl methyl sites for hydroxylation is 1. The summed E-state index contributed by atoms with van der Waals surface area (Å²) in [6.07, 6.45) is 1.91. The normalized spacial score (nSPS) is 19.1. The summed E-state index contributed by atoms with van der Waals surface area (Å²) in [5, 5.41) is 1.78. The first-order chi connectivity index (χ1) is 6.66. The van der Waals surface area contributed by atoms with Gasteiger partial charge in [-0.15, -0.1) is 11.3 Å². The molecule has 1 aliphatic heterocycles. The van der Waals surface area contributed by atoms with E-state index in [1.54, 1.807) is 11.3 Å². The predicted molar refractivity (Wildman–Crippen MR) is 61.6 cm³/mol.